The van der Waals surface area contributed by atoms with E-state index >= 15 is 0 Å². The van der Waals surface area contributed by atoms with E-state index < -0.39 is 45.9 Å². The number of hydrogen-bond acceptors (Lipinski definition) is 8. The molecule has 4 atom stereocenters. The van der Waals surface area contributed by atoms with Gasteiger partial charge in [0.25, 0.3) is 0 Å². The Balaban J connectivity index is -0.0000000369. The third-order valence-electron chi connectivity index (χ3n) is 0. The smallest absolute Gasteiger partial charge is 0.746 e. The van der Waals surface area contributed by atoms with Crippen molar-refractivity contribution in [2.24, 2.45) is 0 Å². The standard InChI is InChI=1S/4FHO2S.S/c4*1-4(2)3;/h4*(H,2,3);/q;;;;+4/p-4. The Bertz CT molecular complexity index is 166. The Kier molecular flexibility index (Phi) is 45.5. The zero-order valence-corrected chi connectivity index (χ0v) is 10.9. The van der Waals surface area contributed by atoms with E-state index in [0.717, 1.165) is 0 Å². The molecule has 0 saturated carbocycles. The molecular weight excluding hydrogens is 364 g/mol. The minimum absolute atomic E-state index is 0. The van der Waals surface area contributed by atoms with Crippen LogP contribution in [0.5, 0.6) is 0 Å². The summed E-state index contributed by atoms with van der Waals surface area (Å²) in [6.45, 7) is 0. The van der Waals surface area contributed by atoms with Crippen molar-refractivity contribution in [2.75, 3.05) is 0 Å². The van der Waals surface area contributed by atoms with Crippen LogP contribution in [0, 0.1) is 0 Å². The molecule has 0 N–H and O–H groups in total. The average Bonchev–Trinajstić information content (AvgIpc) is 1.76. The predicted molar refractivity (Wildman–Crippen MR) is 47.7 cm³/mol. The van der Waals surface area contributed by atoms with E-state index in [1.54, 1.807) is 0 Å². The summed E-state index contributed by atoms with van der Waals surface area (Å²) in [5.41, 5.74) is 0. The Morgan fingerprint density at radius 2 is 0.529 bits per heavy atom. The van der Waals surface area contributed by atoms with Crippen molar-refractivity contribution < 1.29 is 50.6 Å². The summed E-state index contributed by atoms with van der Waals surface area (Å²) in [7, 11) is 0. The molecule has 0 bridgehead atoms. The molecule has 0 amide bonds. The van der Waals surface area contributed by atoms with Crippen LogP contribution in [0.3, 0.4) is 0 Å². The van der Waals surface area contributed by atoms with Gasteiger partial charge in [-0.2, -0.15) is 0 Å². The van der Waals surface area contributed by atoms with Gasteiger partial charge in [0.05, 0.1) is 0 Å². The summed E-state index contributed by atoms with van der Waals surface area (Å²) in [5, 5.41) is 0. The third-order valence-corrected chi connectivity index (χ3v) is 0. The molecule has 0 spiro atoms. The van der Waals surface area contributed by atoms with Gasteiger partial charge in [-0.25, -0.2) is 16.8 Å². The first-order chi connectivity index (χ1) is 6.93. The van der Waals surface area contributed by atoms with Crippen LogP contribution in [-0.4, -0.2) is 35.0 Å². The summed E-state index contributed by atoms with van der Waals surface area (Å²) >= 11 is -13.4. The Labute approximate surface area is 110 Å². The fourth-order valence-electron chi connectivity index (χ4n) is 0. The molecule has 8 nitrogen and oxygen atoms in total. The van der Waals surface area contributed by atoms with Crippen molar-refractivity contribution in [1.29, 1.82) is 0 Å². The topological polar surface area (TPSA) is 161 Å². The van der Waals surface area contributed by atoms with Gasteiger partial charge in [-0.3, -0.25) is 0 Å². The average molecular weight is 364 g/mol. The molecule has 106 valence electrons. The summed E-state index contributed by atoms with van der Waals surface area (Å²) in [5.74, 6) is 0. The molecule has 0 rings (SSSR count). The molecule has 0 saturated heterocycles. The maximum atomic E-state index is 9.92. The first-order valence-corrected chi connectivity index (χ1v) is 5.85. The van der Waals surface area contributed by atoms with Gasteiger partial charge in [-0.15, -0.1) is 15.5 Å². The molecule has 0 aromatic rings. The van der Waals surface area contributed by atoms with Crippen LogP contribution >= 0.6 is 13.5 Å². The van der Waals surface area contributed by atoms with Gasteiger partial charge in [0, 0.05) is 0 Å². The van der Waals surface area contributed by atoms with Crippen molar-refractivity contribution in [2.45, 2.75) is 0 Å². The van der Waals surface area contributed by atoms with Gasteiger partial charge in [0.1, 0.15) is 45.9 Å². The molecule has 17 heteroatoms. The minimum atomic E-state index is -3.36. The van der Waals surface area contributed by atoms with Crippen LogP contribution in [-0.2, 0) is 45.9 Å². The zero-order valence-electron chi connectivity index (χ0n) is 6.82. The first kappa shape index (κ1) is 30.5. The molecule has 0 aliphatic heterocycles. The number of hydrogen-bond donors (Lipinski definition) is 0. The second-order valence-corrected chi connectivity index (χ2v) is 2.33. The summed E-state index contributed by atoms with van der Waals surface area (Å²) in [4.78, 5) is 0. The molecule has 2 radical (unpaired) electrons. The molecule has 0 fully saturated rings. The maximum absolute atomic E-state index is 9.92. The fraction of sp³-hybridized carbons (Fsp3) is 0. The van der Waals surface area contributed by atoms with Crippen LogP contribution in [0.4, 0.5) is 15.5 Å². The first-order valence-electron chi connectivity index (χ1n) is 1.95. The minimum Gasteiger partial charge on any atom is -0.746 e. The Morgan fingerprint density at radius 1 is 0.529 bits per heavy atom. The van der Waals surface area contributed by atoms with Gasteiger partial charge in [-0.1, -0.05) is 0 Å². The van der Waals surface area contributed by atoms with Crippen LogP contribution in [0.2, 0.25) is 0 Å². The van der Waals surface area contributed by atoms with Gasteiger partial charge in [0.2, 0.25) is 0 Å². The van der Waals surface area contributed by atoms with Crippen LogP contribution in [0.25, 0.3) is 0 Å². The molecule has 4 unspecified atom stereocenters. The molecule has 0 aromatic carbocycles. The second-order valence-electron chi connectivity index (χ2n) is 0.776. The number of halogens is 4. The Hall–Kier alpha value is 0.510. The van der Waals surface area contributed by atoms with Crippen LogP contribution in [0.1, 0.15) is 0 Å². The number of rotatable bonds is 0. The molecule has 0 aliphatic rings. The monoisotopic (exact) mass is 364 g/mol. The summed E-state index contributed by atoms with van der Waals surface area (Å²) in [6.07, 6.45) is 0. The maximum Gasteiger partial charge on any atom is 4.00 e. The van der Waals surface area contributed by atoms with E-state index in [1.165, 1.54) is 0 Å². The van der Waals surface area contributed by atoms with E-state index in [-0.39, 0.29) is 13.5 Å². The van der Waals surface area contributed by atoms with E-state index in [0.29, 0.717) is 0 Å². The van der Waals surface area contributed by atoms with Crippen molar-refractivity contribution in [3.63, 3.8) is 0 Å². The molecule has 0 aromatic heterocycles. The molecular formula is F4O8S5. The summed E-state index contributed by atoms with van der Waals surface area (Å²) in [6, 6.07) is 0. The quantitative estimate of drug-likeness (QED) is 0.320. The van der Waals surface area contributed by atoms with E-state index in [9.17, 15) is 15.5 Å². The van der Waals surface area contributed by atoms with Crippen molar-refractivity contribution in [3.8, 4) is 0 Å². The molecule has 0 aliphatic carbocycles. The van der Waals surface area contributed by atoms with Crippen molar-refractivity contribution in [3.05, 3.63) is 0 Å². The second kappa shape index (κ2) is 25.4. The molecule has 0 heterocycles. The largest absolute Gasteiger partial charge is 4.00 e. The van der Waals surface area contributed by atoms with Gasteiger partial charge >= 0.3 is 13.5 Å². The van der Waals surface area contributed by atoms with Gasteiger partial charge < -0.3 is 18.2 Å². The van der Waals surface area contributed by atoms with Crippen LogP contribution in [0.15, 0.2) is 0 Å². The van der Waals surface area contributed by atoms with E-state index in [2.05, 4.69) is 0 Å². The van der Waals surface area contributed by atoms with Gasteiger partial charge in [-0.05, 0) is 0 Å². The Morgan fingerprint density at radius 3 is 0.529 bits per heavy atom. The SMILES string of the molecule is O=S([O-])F.O=S([O-])F.O=S([O-])F.O=S([O-])F.[S+4]. The van der Waals surface area contributed by atoms with Crippen molar-refractivity contribution in [1.82, 2.24) is 0 Å². The zero-order chi connectivity index (χ0) is 14.3. The third kappa shape index (κ3) is 13400. The summed E-state index contributed by atoms with van der Waals surface area (Å²) < 4.78 is 106. The van der Waals surface area contributed by atoms with E-state index in [4.69, 9.17) is 35.0 Å². The van der Waals surface area contributed by atoms with E-state index in [1.807, 2.05) is 0 Å². The predicted octanol–water partition coefficient (Wildman–Crippen LogP) is -0.352. The van der Waals surface area contributed by atoms with Crippen LogP contribution < -0.4 is 0 Å². The van der Waals surface area contributed by atoms with Gasteiger partial charge in [0.15, 0.2) is 0 Å². The normalized spacial score (nSPS) is 14.6. The van der Waals surface area contributed by atoms with Crippen molar-refractivity contribution >= 4 is 59.4 Å². The molecule has 17 heavy (non-hydrogen) atoms. The fourth-order valence-corrected chi connectivity index (χ4v) is 0.